The number of nitrogens with one attached hydrogen (secondary N) is 1. The fourth-order valence-corrected chi connectivity index (χ4v) is 1.88. The predicted molar refractivity (Wildman–Crippen MR) is 66.3 cm³/mol. The minimum Gasteiger partial charge on any atom is -0.472 e. The van der Waals surface area contributed by atoms with E-state index in [0.29, 0.717) is 19.0 Å². The number of hydrogen-bond donors (Lipinski definition) is 1. The number of hydrogen-bond acceptors (Lipinski definition) is 5. The van der Waals surface area contributed by atoms with Gasteiger partial charge in [-0.25, -0.2) is 9.97 Å². The highest BCUT2D eigenvalue weighted by molar-refractivity contribution is 5.83. The number of ether oxygens (including phenoxy) is 1. The van der Waals surface area contributed by atoms with Gasteiger partial charge in [0.2, 0.25) is 17.7 Å². The van der Waals surface area contributed by atoms with Crippen molar-refractivity contribution in [3.05, 3.63) is 18.6 Å². The average molecular weight is 264 g/mol. The summed E-state index contributed by atoms with van der Waals surface area (Å²) in [6, 6.07) is 1.68. The van der Waals surface area contributed by atoms with Crippen molar-refractivity contribution < 1.29 is 14.3 Å². The standard InChI is InChI=1S/C12H16N4O3/c1-9(17)14-6-12(18)16-5-3-10(7-16)19-11-2-4-13-8-15-11/h2,4,8,10H,3,5-7H2,1H3,(H,14,17). The maximum atomic E-state index is 11.8. The monoisotopic (exact) mass is 264 g/mol. The Morgan fingerprint density at radius 1 is 1.58 bits per heavy atom. The first-order valence-corrected chi connectivity index (χ1v) is 6.10. The van der Waals surface area contributed by atoms with Gasteiger partial charge in [-0.2, -0.15) is 0 Å². The molecular weight excluding hydrogens is 248 g/mol. The molecule has 0 aromatic carbocycles. The highest BCUT2D eigenvalue weighted by atomic mass is 16.5. The average Bonchev–Trinajstić information content (AvgIpc) is 2.85. The van der Waals surface area contributed by atoms with E-state index >= 15 is 0 Å². The molecule has 0 radical (unpaired) electrons. The third-order valence-electron chi connectivity index (χ3n) is 2.83. The Morgan fingerprint density at radius 3 is 3.11 bits per heavy atom. The number of carbonyl (C=O) groups is 2. The van der Waals surface area contributed by atoms with Crippen LogP contribution in [0, 0.1) is 0 Å². The second kappa shape index (κ2) is 6.12. The molecule has 1 aromatic heterocycles. The number of amides is 2. The lowest BCUT2D eigenvalue weighted by Crippen LogP contribution is -2.39. The van der Waals surface area contributed by atoms with E-state index in [2.05, 4.69) is 15.3 Å². The van der Waals surface area contributed by atoms with Gasteiger partial charge in [0.25, 0.3) is 0 Å². The Balaban J connectivity index is 1.80. The lowest BCUT2D eigenvalue weighted by Gasteiger charge is -2.16. The van der Waals surface area contributed by atoms with Gasteiger partial charge in [0.05, 0.1) is 13.1 Å². The minimum absolute atomic E-state index is 0.0373. The zero-order chi connectivity index (χ0) is 13.7. The Bertz CT molecular complexity index is 452. The van der Waals surface area contributed by atoms with Crippen LogP contribution in [0.3, 0.4) is 0 Å². The fraction of sp³-hybridized carbons (Fsp3) is 0.500. The quantitative estimate of drug-likeness (QED) is 0.799. The second-order valence-corrected chi connectivity index (χ2v) is 4.33. The number of likely N-dealkylation sites (tertiary alicyclic amines) is 1. The molecule has 1 aromatic rings. The van der Waals surface area contributed by atoms with Crippen molar-refractivity contribution in [1.29, 1.82) is 0 Å². The van der Waals surface area contributed by atoms with Gasteiger partial charge in [0.1, 0.15) is 12.4 Å². The summed E-state index contributed by atoms with van der Waals surface area (Å²) >= 11 is 0. The van der Waals surface area contributed by atoms with Gasteiger partial charge >= 0.3 is 0 Å². The van der Waals surface area contributed by atoms with Crippen molar-refractivity contribution in [1.82, 2.24) is 20.2 Å². The van der Waals surface area contributed by atoms with Crippen molar-refractivity contribution in [2.24, 2.45) is 0 Å². The number of aromatic nitrogens is 2. The number of nitrogens with zero attached hydrogens (tertiary/aromatic N) is 3. The van der Waals surface area contributed by atoms with Crippen LogP contribution >= 0.6 is 0 Å². The lowest BCUT2D eigenvalue weighted by atomic mass is 10.3. The first kappa shape index (κ1) is 13.3. The van der Waals surface area contributed by atoms with E-state index in [9.17, 15) is 9.59 Å². The molecule has 1 aliphatic heterocycles. The van der Waals surface area contributed by atoms with Crippen LogP contribution in [-0.4, -0.2) is 52.4 Å². The van der Waals surface area contributed by atoms with Gasteiger partial charge in [-0.1, -0.05) is 0 Å². The number of rotatable bonds is 4. The first-order valence-electron chi connectivity index (χ1n) is 6.10. The third-order valence-corrected chi connectivity index (χ3v) is 2.83. The van der Waals surface area contributed by atoms with Crippen LogP contribution in [0.4, 0.5) is 0 Å². The zero-order valence-corrected chi connectivity index (χ0v) is 10.7. The summed E-state index contributed by atoms with van der Waals surface area (Å²) in [5.74, 6) is 0.210. The van der Waals surface area contributed by atoms with Crippen LogP contribution in [0.15, 0.2) is 18.6 Å². The van der Waals surface area contributed by atoms with Gasteiger partial charge in [-0.15, -0.1) is 0 Å². The normalized spacial score (nSPS) is 18.2. The summed E-state index contributed by atoms with van der Waals surface area (Å²) in [6.07, 6.45) is 3.73. The van der Waals surface area contributed by atoms with Crippen LogP contribution in [0.1, 0.15) is 13.3 Å². The molecule has 2 heterocycles. The highest BCUT2D eigenvalue weighted by Gasteiger charge is 2.27. The van der Waals surface area contributed by atoms with Crippen molar-refractivity contribution in [2.45, 2.75) is 19.4 Å². The zero-order valence-electron chi connectivity index (χ0n) is 10.7. The van der Waals surface area contributed by atoms with Crippen LogP contribution in [-0.2, 0) is 9.59 Å². The second-order valence-electron chi connectivity index (χ2n) is 4.33. The van der Waals surface area contributed by atoms with Crippen molar-refractivity contribution >= 4 is 11.8 Å². The van der Waals surface area contributed by atoms with Crippen molar-refractivity contribution in [2.75, 3.05) is 19.6 Å². The molecule has 1 fully saturated rings. The maximum absolute atomic E-state index is 11.8. The molecule has 1 N–H and O–H groups in total. The van der Waals surface area contributed by atoms with Gasteiger partial charge < -0.3 is 15.0 Å². The van der Waals surface area contributed by atoms with Gasteiger partial charge in [0.15, 0.2) is 0 Å². The van der Waals surface area contributed by atoms with Gasteiger partial charge in [-0.05, 0) is 0 Å². The maximum Gasteiger partial charge on any atom is 0.242 e. The van der Waals surface area contributed by atoms with E-state index in [1.807, 2.05) is 0 Å². The third kappa shape index (κ3) is 3.90. The van der Waals surface area contributed by atoms with E-state index in [4.69, 9.17) is 4.74 Å². The largest absolute Gasteiger partial charge is 0.472 e. The molecule has 1 atom stereocenters. The molecule has 1 unspecified atom stereocenters. The van der Waals surface area contributed by atoms with E-state index in [0.717, 1.165) is 6.42 Å². The predicted octanol–water partition coefficient (Wildman–Crippen LogP) is -0.408. The Morgan fingerprint density at radius 2 is 2.42 bits per heavy atom. The molecule has 0 spiro atoms. The summed E-state index contributed by atoms with van der Waals surface area (Å²) < 4.78 is 5.65. The smallest absolute Gasteiger partial charge is 0.242 e. The fourth-order valence-electron chi connectivity index (χ4n) is 1.88. The summed E-state index contributed by atoms with van der Waals surface area (Å²) in [5, 5.41) is 2.50. The SMILES string of the molecule is CC(=O)NCC(=O)N1CCC(Oc2ccncn2)C1. The van der Waals surface area contributed by atoms with E-state index < -0.39 is 0 Å². The molecule has 2 amide bonds. The van der Waals surface area contributed by atoms with E-state index in [1.165, 1.54) is 13.3 Å². The number of carbonyl (C=O) groups excluding carboxylic acids is 2. The molecule has 2 rings (SSSR count). The molecule has 19 heavy (non-hydrogen) atoms. The van der Waals surface area contributed by atoms with Crippen LogP contribution in [0.2, 0.25) is 0 Å². The Labute approximate surface area is 111 Å². The van der Waals surface area contributed by atoms with Gasteiger partial charge in [-0.3, -0.25) is 9.59 Å². The van der Waals surface area contributed by atoms with Gasteiger partial charge in [0, 0.05) is 32.2 Å². The van der Waals surface area contributed by atoms with Crippen molar-refractivity contribution in [3.8, 4) is 5.88 Å². The Hall–Kier alpha value is -2.18. The summed E-state index contributed by atoms with van der Waals surface area (Å²) in [5.41, 5.74) is 0. The highest BCUT2D eigenvalue weighted by Crippen LogP contribution is 2.15. The molecule has 102 valence electrons. The molecule has 0 saturated carbocycles. The Kier molecular flexibility index (Phi) is 4.27. The van der Waals surface area contributed by atoms with Crippen molar-refractivity contribution in [3.63, 3.8) is 0 Å². The van der Waals surface area contributed by atoms with E-state index in [-0.39, 0.29) is 24.5 Å². The topological polar surface area (TPSA) is 84.4 Å². The van der Waals surface area contributed by atoms with E-state index in [1.54, 1.807) is 17.2 Å². The molecule has 7 nitrogen and oxygen atoms in total. The molecular formula is C12H16N4O3. The molecule has 7 heteroatoms. The molecule has 0 aliphatic carbocycles. The summed E-state index contributed by atoms with van der Waals surface area (Å²) in [4.78, 5) is 32.0. The summed E-state index contributed by atoms with van der Waals surface area (Å²) in [7, 11) is 0. The molecule has 1 saturated heterocycles. The summed E-state index contributed by atoms with van der Waals surface area (Å²) in [6.45, 7) is 2.57. The molecule has 0 bridgehead atoms. The van der Waals surface area contributed by atoms with Crippen LogP contribution in [0.25, 0.3) is 0 Å². The van der Waals surface area contributed by atoms with Crippen LogP contribution in [0.5, 0.6) is 5.88 Å². The lowest BCUT2D eigenvalue weighted by molar-refractivity contribution is -0.131. The molecule has 1 aliphatic rings. The first-order chi connectivity index (χ1) is 9.15. The minimum atomic E-state index is -0.207. The van der Waals surface area contributed by atoms with Crippen LogP contribution < -0.4 is 10.1 Å².